The topological polar surface area (TPSA) is 39.9 Å². The molecule has 0 saturated heterocycles. The van der Waals surface area contributed by atoms with Crippen molar-refractivity contribution < 1.29 is 0 Å². The number of aryl methyl sites for hydroxylation is 2. The Kier molecular flexibility index (Phi) is 5.40. The van der Waals surface area contributed by atoms with E-state index in [9.17, 15) is 5.26 Å². The van der Waals surface area contributed by atoms with Crippen LogP contribution in [0.15, 0.2) is 6.07 Å². The third-order valence-electron chi connectivity index (χ3n) is 4.01. The molecule has 0 bridgehead atoms. The Bertz CT molecular complexity index is 480. The van der Waals surface area contributed by atoms with Gasteiger partial charge in [-0.15, -0.1) is 0 Å². The van der Waals surface area contributed by atoms with Gasteiger partial charge in [-0.05, 0) is 43.7 Å². The van der Waals surface area contributed by atoms with Crippen molar-refractivity contribution in [1.82, 2.24) is 4.98 Å². The molecule has 0 aromatic carbocycles. The maximum Gasteiger partial charge on any atom is 0.146 e. The van der Waals surface area contributed by atoms with Crippen LogP contribution in [0.1, 0.15) is 62.8 Å². The second kappa shape index (κ2) is 7.28. The molecule has 0 atom stereocenters. The van der Waals surface area contributed by atoms with Crippen LogP contribution in [0.3, 0.4) is 0 Å². The lowest BCUT2D eigenvalue weighted by atomic mass is 10.1. The van der Waals surface area contributed by atoms with E-state index in [1.165, 1.54) is 30.5 Å². The Morgan fingerprint density at radius 3 is 2.50 bits per heavy atom. The first-order chi connectivity index (χ1) is 9.80. The summed E-state index contributed by atoms with van der Waals surface area (Å²) in [4.78, 5) is 7.16. The van der Waals surface area contributed by atoms with Crippen LogP contribution in [0, 0.1) is 11.3 Å². The van der Waals surface area contributed by atoms with Crippen LogP contribution in [-0.4, -0.2) is 18.1 Å². The summed E-state index contributed by atoms with van der Waals surface area (Å²) in [5.41, 5.74) is 3.27. The number of hydrogen-bond acceptors (Lipinski definition) is 3. The van der Waals surface area contributed by atoms with Gasteiger partial charge in [0.2, 0.25) is 0 Å². The second-order valence-corrected chi connectivity index (χ2v) is 5.62. The molecule has 1 aliphatic rings. The molecular weight excluding hydrogens is 246 g/mol. The van der Waals surface area contributed by atoms with E-state index < -0.39 is 0 Å². The zero-order valence-corrected chi connectivity index (χ0v) is 12.8. The van der Waals surface area contributed by atoms with Crippen molar-refractivity contribution >= 4 is 5.82 Å². The van der Waals surface area contributed by atoms with Gasteiger partial charge in [0.1, 0.15) is 11.9 Å². The molecule has 1 heterocycles. The Hall–Kier alpha value is -1.56. The number of hydrogen-bond donors (Lipinski definition) is 0. The van der Waals surface area contributed by atoms with E-state index in [-0.39, 0.29) is 0 Å². The normalized spacial score (nSPS) is 13.1. The highest BCUT2D eigenvalue weighted by Gasteiger charge is 2.19. The number of aromatic nitrogens is 1. The van der Waals surface area contributed by atoms with Gasteiger partial charge >= 0.3 is 0 Å². The summed E-state index contributed by atoms with van der Waals surface area (Å²) in [5.74, 6) is 0.926. The van der Waals surface area contributed by atoms with Crippen LogP contribution in [0.2, 0.25) is 0 Å². The van der Waals surface area contributed by atoms with E-state index >= 15 is 0 Å². The molecule has 0 spiro atoms. The van der Waals surface area contributed by atoms with Crippen LogP contribution < -0.4 is 4.90 Å². The minimum atomic E-state index is 0.762. The smallest absolute Gasteiger partial charge is 0.146 e. The molecule has 1 aromatic rings. The number of pyridine rings is 1. The van der Waals surface area contributed by atoms with E-state index in [1.807, 2.05) is 0 Å². The van der Waals surface area contributed by atoms with E-state index in [1.54, 1.807) is 0 Å². The van der Waals surface area contributed by atoms with Gasteiger partial charge in [0, 0.05) is 18.8 Å². The van der Waals surface area contributed by atoms with Crippen LogP contribution in [0.5, 0.6) is 0 Å². The van der Waals surface area contributed by atoms with Gasteiger partial charge in [-0.3, -0.25) is 0 Å². The lowest BCUT2D eigenvalue weighted by molar-refractivity contribution is 0.669. The van der Waals surface area contributed by atoms with Gasteiger partial charge in [-0.2, -0.15) is 5.26 Å². The molecular formula is C17H25N3. The molecule has 1 aromatic heterocycles. The quantitative estimate of drug-likeness (QED) is 0.756. The fourth-order valence-electron chi connectivity index (χ4n) is 2.81. The molecule has 0 aliphatic heterocycles. The number of nitrogens with zero attached hydrogens (tertiary/aromatic N) is 3. The van der Waals surface area contributed by atoms with Gasteiger partial charge in [0.15, 0.2) is 0 Å². The first-order valence-electron chi connectivity index (χ1n) is 7.98. The highest BCUT2D eigenvalue weighted by molar-refractivity contribution is 5.56. The maximum absolute atomic E-state index is 9.43. The number of anilines is 1. The van der Waals surface area contributed by atoms with E-state index in [2.05, 4.69) is 30.9 Å². The standard InChI is InChI=1S/C17H25N3/c1-3-5-10-20(11-6-4-2)17-15(13-18)12-14-8-7-9-16(14)19-17/h12H,3-11H2,1-2H3. The molecule has 1 aliphatic carbocycles. The fourth-order valence-corrected chi connectivity index (χ4v) is 2.81. The Morgan fingerprint density at radius 2 is 1.90 bits per heavy atom. The van der Waals surface area contributed by atoms with E-state index in [0.717, 1.165) is 50.2 Å². The Balaban J connectivity index is 2.28. The molecule has 0 radical (unpaired) electrons. The summed E-state index contributed by atoms with van der Waals surface area (Å²) < 4.78 is 0. The summed E-state index contributed by atoms with van der Waals surface area (Å²) in [6, 6.07) is 4.43. The maximum atomic E-state index is 9.43. The number of unbranched alkanes of at least 4 members (excludes halogenated alkanes) is 2. The SMILES string of the molecule is CCCCN(CCCC)c1nc2c(cc1C#N)CCC2. The largest absolute Gasteiger partial charge is 0.356 e. The minimum Gasteiger partial charge on any atom is -0.356 e. The minimum absolute atomic E-state index is 0.762. The second-order valence-electron chi connectivity index (χ2n) is 5.62. The van der Waals surface area contributed by atoms with Crippen molar-refractivity contribution in [3.8, 4) is 6.07 Å². The number of fused-ring (bicyclic) bond motifs is 1. The van der Waals surface area contributed by atoms with Crippen LogP contribution in [0.4, 0.5) is 5.82 Å². The predicted octanol–water partition coefficient (Wildman–Crippen LogP) is 3.85. The van der Waals surface area contributed by atoms with Crippen LogP contribution in [-0.2, 0) is 12.8 Å². The summed E-state index contributed by atoms with van der Waals surface area (Å²) in [6.07, 6.45) is 8.01. The first kappa shape index (κ1) is 14.8. The molecule has 0 N–H and O–H groups in total. The lowest BCUT2D eigenvalue weighted by Gasteiger charge is -2.25. The fraction of sp³-hybridized carbons (Fsp3) is 0.647. The van der Waals surface area contributed by atoms with E-state index in [4.69, 9.17) is 4.98 Å². The van der Waals surface area contributed by atoms with Crippen molar-refractivity contribution in [2.24, 2.45) is 0 Å². The monoisotopic (exact) mass is 271 g/mol. The van der Waals surface area contributed by atoms with Gasteiger partial charge in [0.05, 0.1) is 5.56 Å². The van der Waals surface area contributed by atoms with Gasteiger partial charge in [-0.1, -0.05) is 26.7 Å². The Morgan fingerprint density at radius 1 is 1.20 bits per heavy atom. The van der Waals surface area contributed by atoms with Gasteiger partial charge < -0.3 is 4.90 Å². The molecule has 0 unspecified atom stereocenters. The molecule has 0 fully saturated rings. The van der Waals surface area contributed by atoms with Gasteiger partial charge in [-0.25, -0.2) is 4.98 Å². The number of nitriles is 1. The zero-order chi connectivity index (χ0) is 14.4. The summed E-state index contributed by atoms with van der Waals surface area (Å²) in [5, 5.41) is 9.43. The van der Waals surface area contributed by atoms with Crippen LogP contribution in [0.25, 0.3) is 0 Å². The Labute approximate surface area is 122 Å². The van der Waals surface area contributed by atoms with Crippen molar-refractivity contribution in [3.63, 3.8) is 0 Å². The van der Waals surface area contributed by atoms with Crippen molar-refractivity contribution in [2.75, 3.05) is 18.0 Å². The average Bonchev–Trinajstić information content (AvgIpc) is 2.93. The van der Waals surface area contributed by atoms with Crippen molar-refractivity contribution in [3.05, 3.63) is 22.9 Å². The first-order valence-corrected chi connectivity index (χ1v) is 7.98. The van der Waals surface area contributed by atoms with Gasteiger partial charge in [0.25, 0.3) is 0 Å². The average molecular weight is 271 g/mol. The predicted molar refractivity (Wildman–Crippen MR) is 83.0 cm³/mol. The molecule has 3 nitrogen and oxygen atoms in total. The third kappa shape index (κ3) is 3.30. The van der Waals surface area contributed by atoms with E-state index in [0.29, 0.717) is 0 Å². The molecule has 108 valence electrons. The lowest BCUT2D eigenvalue weighted by Crippen LogP contribution is -2.27. The third-order valence-corrected chi connectivity index (χ3v) is 4.01. The molecule has 0 amide bonds. The summed E-state index contributed by atoms with van der Waals surface area (Å²) >= 11 is 0. The van der Waals surface area contributed by atoms with Crippen molar-refractivity contribution in [2.45, 2.75) is 58.8 Å². The molecule has 2 rings (SSSR count). The highest BCUT2D eigenvalue weighted by atomic mass is 15.2. The molecule has 20 heavy (non-hydrogen) atoms. The molecule has 0 saturated carbocycles. The summed E-state index contributed by atoms with van der Waals surface area (Å²) in [7, 11) is 0. The van der Waals surface area contributed by atoms with Crippen molar-refractivity contribution in [1.29, 1.82) is 5.26 Å². The summed E-state index contributed by atoms with van der Waals surface area (Å²) in [6.45, 7) is 6.44. The van der Waals surface area contributed by atoms with Crippen LogP contribution >= 0.6 is 0 Å². The highest BCUT2D eigenvalue weighted by Crippen LogP contribution is 2.27. The number of rotatable bonds is 7. The zero-order valence-electron chi connectivity index (χ0n) is 12.8. The molecule has 3 heteroatoms.